The second-order valence-corrected chi connectivity index (χ2v) is 6.03. The summed E-state index contributed by atoms with van der Waals surface area (Å²) in [6, 6.07) is 0.577. The van der Waals surface area contributed by atoms with Crippen LogP contribution in [0.1, 0.15) is 31.7 Å². The number of ether oxygens (including phenoxy) is 2. The van der Waals surface area contributed by atoms with Crippen LogP contribution in [-0.4, -0.2) is 42.7 Å². The Balaban J connectivity index is 1.83. The number of aromatic nitrogens is 1. The second-order valence-electron chi connectivity index (χ2n) is 5.40. The number of hydrogen-bond acceptors (Lipinski definition) is 5. The van der Waals surface area contributed by atoms with Gasteiger partial charge in [-0.25, -0.2) is 0 Å². The summed E-state index contributed by atoms with van der Waals surface area (Å²) >= 11 is 1.46. The van der Waals surface area contributed by atoms with Crippen molar-refractivity contribution in [2.24, 2.45) is 5.92 Å². The van der Waals surface area contributed by atoms with Gasteiger partial charge in [0.15, 0.2) is 0 Å². The molecule has 0 N–H and O–H groups in total. The van der Waals surface area contributed by atoms with E-state index in [0.29, 0.717) is 6.04 Å². The van der Waals surface area contributed by atoms with Crippen LogP contribution in [0.2, 0.25) is 0 Å². The van der Waals surface area contributed by atoms with E-state index in [2.05, 4.69) is 28.6 Å². The first-order chi connectivity index (χ1) is 9.20. The lowest BCUT2D eigenvalue weighted by Crippen LogP contribution is -2.32. The fraction of sp³-hybridized carbons (Fsp3) is 0.786. The standard InChI is InChI=1S/C14H24N2O2S/c1-11(8-12-4-6-18-7-5-12)16(2)9-13-10-19-15-14(13)17-3/h10-12H,4-9H2,1-3H3. The van der Waals surface area contributed by atoms with Crippen LogP contribution in [0.5, 0.6) is 5.88 Å². The SMILES string of the molecule is COc1nscc1CN(C)C(C)CC1CCOCC1. The molecular weight excluding hydrogens is 260 g/mol. The summed E-state index contributed by atoms with van der Waals surface area (Å²) < 4.78 is 14.9. The molecule has 5 heteroatoms. The number of nitrogens with zero attached hydrogens (tertiary/aromatic N) is 2. The fourth-order valence-corrected chi connectivity index (χ4v) is 3.23. The van der Waals surface area contributed by atoms with Gasteiger partial charge in [-0.15, -0.1) is 0 Å². The Morgan fingerprint density at radius 2 is 2.26 bits per heavy atom. The molecule has 4 nitrogen and oxygen atoms in total. The average Bonchev–Trinajstić information content (AvgIpc) is 2.87. The zero-order valence-corrected chi connectivity index (χ0v) is 12.9. The van der Waals surface area contributed by atoms with Crippen molar-refractivity contribution in [2.45, 2.75) is 38.8 Å². The minimum Gasteiger partial charge on any atom is -0.480 e. The van der Waals surface area contributed by atoms with Gasteiger partial charge in [-0.1, -0.05) is 0 Å². The molecule has 1 fully saturated rings. The highest BCUT2D eigenvalue weighted by Crippen LogP contribution is 2.25. The van der Waals surface area contributed by atoms with E-state index in [9.17, 15) is 0 Å². The predicted molar refractivity (Wildman–Crippen MR) is 77.8 cm³/mol. The van der Waals surface area contributed by atoms with Gasteiger partial charge in [0.05, 0.1) is 7.11 Å². The van der Waals surface area contributed by atoms with Gasteiger partial charge in [-0.3, -0.25) is 4.90 Å². The quantitative estimate of drug-likeness (QED) is 0.804. The van der Waals surface area contributed by atoms with Crippen molar-refractivity contribution in [1.82, 2.24) is 9.27 Å². The van der Waals surface area contributed by atoms with Gasteiger partial charge in [0.1, 0.15) is 0 Å². The van der Waals surface area contributed by atoms with Crippen LogP contribution in [0.25, 0.3) is 0 Å². The summed E-state index contributed by atoms with van der Waals surface area (Å²) in [7, 11) is 3.87. The number of methoxy groups -OCH3 is 1. The molecule has 0 radical (unpaired) electrons. The summed E-state index contributed by atoms with van der Waals surface area (Å²) in [5.74, 6) is 1.59. The lowest BCUT2D eigenvalue weighted by atomic mass is 9.92. The van der Waals surface area contributed by atoms with E-state index in [4.69, 9.17) is 9.47 Å². The fourth-order valence-electron chi connectivity index (χ4n) is 2.59. The van der Waals surface area contributed by atoms with Gasteiger partial charge in [-0.2, -0.15) is 4.37 Å². The smallest absolute Gasteiger partial charge is 0.229 e. The van der Waals surface area contributed by atoms with Crippen LogP contribution in [-0.2, 0) is 11.3 Å². The molecule has 0 aliphatic carbocycles. The Hall–Kier alpha value is -0.650. The number of rotatable bonds is 6. The van der Waals surface area contributed by atoms with Gasteiger partial charge < -0.3 is 9.47 Å². The highest BCUT2D eigenvalue weighted by molar-refractivity contribution is 7.03. The van der Waals surface area contributed by atoms with E-state index < -0.39 is 0 Å². The molecule has 1 aliphatic rings. The summed E-state index contributed by atoms with van der Waals surface area (Å²) in [5.41, 5.74) is 1.19. The third kappa shape index (κ3) is 4.16. The van der Waals surface area contributed by atoms with E-state index in [-0.39, 0.29) is 0 Å². The molecule has 0 saturated carbocycles. The average molecular weight is 284 g/mol. The van der Waals surface area contributed by atoms with E-state index >= 15 is 0 Å². The first-order valence-electron chi connectivity index (χ1n) is 6.96. The molecule has 1 saturated heterocycles. The zero-order chi connectivity index (χ0) is 13.7. The van der Waals surface area contributed by atoms with Crippen LogP contribution >= 0.6 is 11.5 Å². The third-order valence-corrected chi connectivity index (χ3v) is 4.65. The van der Waals surface area contributed by atoms with Gasteiger partial charge in [0.2, 0.25) is 5.88 Å². The highest BCUT2D eigenvalue weighted by atomic mass is 32.1. The molecule has 1 aromatic rings. The molecule has 2 rings (SSSR count). The van der Waals surface area contributed by atoms with E-state index in [0.717, 1.165) is 31.6 Å². The summed E-state index contributed by atoms with van der Waals surface area (Å²) in [4.78, 5) is 2.39. The van der Waals surface area contributed by atoms with Crippen LogP contribution in [0.15, 0.2) is 5.38 Å². The molecular formula is C14H24N2O2S. The minimum absolute atomic E-state index is 0.577. The first-order valence-corrected chi connectivity index (χ1v) is 7.79. The van der Waals surface area contributed by atoms with E-state index in [1.54, 1.807) is 7.11 Å². The monoisotopic (exact) mass is 284 g/mol. The van der Waals surface area contributed by atoms with Crippen molar-refractivity contribution in [3.63, 3.8) is 0 Å². The molecule has 108 valence electrons. The Morgan fingerprint density at radius 1 is 1.53 bits per heavy atom. The molecule has 1 aromatic heterocycles. The van der Waals surface area contributed by atoms with Crippen LogP contribution < -0.4 is 4.74 Å². The predicted octanol–water partition coefficient (Wildman–Crippen LogP) is 2.79. The molecule has 0 spiro atoms. The molecule has 0 bridgehead atoms. The van der Waals surface area contributed by atoms with Crippen molar-refractivity contribution in [3.8, 4) is 5.88 Å². The van der Waals surface area contributed by atoms with Gasteiger partial charge >= 0.3 is 0 Å². The highest BCUT2D eigenvalue weighted by Gasteiger charge is 2.20. The zero-order valence-electron chi connectivity index (χ0n) is 12.1. The van der Waals surface area contributed by atoms with E-state index in [1.807, 2.05) is 0 Å². The lowest BCUT2D eigenvalue weighted by molar-refractivity contribution is 0.0544. The van der Waals surface area contributed by atoms with Crippen molar-refractivity contribution >= 4 is 11.5 Å². The van der Waals surface area contributed by atoms with E-state index in [1.165, 1.54) is 36.4 Å². The maximum absolute atomic E-state index is 5.42. The van der Waals surface area contributed by atoms with Gasteiger partial charge in [-0.05, 0) is 50.7 Å². The largest absolute Gasteiger partial charge is 0.480 e. The maximum Gasteiger partial charge on any atom is 0.229 e. The second kappa shape index (κ2) is 7.22. The normalized spacial score (nSPS) is 18.7. The summed E-state index contributed by atoms with van der Waals surface area (Å²) in [6.07, 6.45) is 3.67. The lowest BCUT2D eigenvalue weighted by Gasteiger charge is -2.30. The molecule has 2 heterocycles. The topological polar surface area (TPSA) is 34.6 Å². The van der Waals surface area contributed by atoms with Gasteiger partial charge in [0.25, 0.3) is 0 Å². The van der Waals surface area contributed by atoms with Crippen molar-refractivity contribution in [1.29, 1.82) is 0 Å². The minimum atomic E-state index is 0.577. The molecule has 0 amide bonds. The van der Waals surface area contributed by atoms with Crippen LogP contribution in [0.4, 0.5) is 0 Å². The number of hydrogen-bond donors (Lipinski definition) is 0. The molecule has 1 unspecified atom stereocenters. The summed E-state index contributed by atoms with van der Waals surface area (Å²) in [6.45, 7) is 5.08. The van der Waals surface area contributed by atoms with Crippen LogP contribution in [0.3, 0.4) is 0 Å². The van der Waals surface area contributed by atoms with Crippen molar-refractivity contribution < 1.29 is 9.47 Å². The first kappa shape index (κ1) is 14.8. The van der Waals surface area contributed by atoms with Crippen molar-refractivity contribution in [2.75, 3.05) is 27.4 Å². The van der Waals surface area contributed by atoms with Crippen molar-refractivity contribution in [3.05, 3.63) is 10.9 Å². The summed E-state index contributed by atoms with van der Waals surface area (Å²) in [5, 5.41) is 2.08. The molecule has 1 atom stereocenters. The molecule has 0 aromatic carbocycles. The Kier molecular flexibility index (Phi) is 5.60. The maximum atomic E-state index is 5.42. The Morgan fingerprint density at radius 3 is 2.95 bits per heavy atom. The van der Waals surface area contributed by atoms with Crippen LogP contribution in [0, 0.1) is 5.92 Å². The molecule has 1 aliphatic heterocycles. The molecule has 19 heavy (non-hydrogen) atoms. The van der Waals surface area contributed by atoms with Gasteiger partial charge in [0, 0.05) is 36.7 Å². The Labute approximate surface area is 119 Å². The Bertz CT molecular complexity index is 377. The third-order valence-electron chi connectivity index (χ3n) is 3.99.